The van der Waals surface area contributed by atoms with Crippen molar-refractivity contribution in [3.63, 3.8) is 0 Å². The van der Waals surface area contributed by atoms with E-state index in [2.05, 4.69) is 5.32 Å². The highest BCUT2D eigenvalue weighted by Gasteiger charge is 2.26. The zero-order valence-electron chi connectivity index (χ0n) is 11.5. The summed E-state index contributed by atoms with van der Waals surface area (Å²) in [5, 5.41) is 16.3. The first-order chi connectivity index (χ1) is 10.3. The van der Waals surface area contributed by atoms with Crippen molar-refractivity contribution >= 4 is 21.9 Å². The molecular formula is C12H14FN5O3S. The number of amides is 2. The van der Waals surface area contributed by atoms with Crippen molar-refractivity contribution in [1.82, 2.24) is 9.21 Å². The summed E-state index contributed by atoms with van der Waals surface area (Å²) in [5.74, 6) is -0.665. The Morgan fingerprint density at radius 2 is 1.95 bits per heavy atom. The Labute approximate surface area is 127 Å². The third kappa shape index (κ3) is 3.70. The third-order valence-corrected chi connectivity index (χ3v) is 4.31. The molecule has 1 heterocycles. The van der Waals surface area contributed by atoms with Crippen LogP contribution in [0.15, 0.2) is 18.2 Å². The molecule has 2 amide bonds. The molecule has 3 N–H and O–H groups in total. The molecule has 1 fully saturated rings. The molecule has 2 rings (SSSR count). The van der Waals surface area contributed by atoms with Crippen LogP contribution in [0, 0.1) is 17.1 Å². The summed E-state index contributed by atoms with van der Waals surface area (Å²) < 4.78 is 36.6. The van der Waals surface area contributed by atoms with Crippen LogP contribution in [0.3, 0.4) is 0 Å². The van der Waals surface area contributed by atoms with Gasteiger partial charge in [-0.25, -0.2) is 14.3 Å². The number of halogens is 1. The molecule has 1 saturated heterocycles. The molecule has 0 aromatic heterocycles. The van der Waals surface area contributed by atoms with E-state index in [0.29, 0.717) is 0 Å². The summed E-state index contributed by atoms with van der Waals surface area (Å²) in [6.07, 6.45) is 0. The van der Waals surface area contributed by atoms with Gasteiger partial charge in [0.15, 0.2) is 0 Å². The Hall–Kier alpha value is -2.22. The number of anilines is 1. The molecule has 22 heavy (non-hydrogen) atoms. The molecule has 10 heteroatoms. The Balaban J connectivity index is 1.98. The van der Waals surface area contributed by atoms with Crippen LogP contribution in [-0.2, 0) is 10.2 Å². The van der Waals surface area contributed by atoms with Crippen molar-refractivity contribution in [3.05, 3.63) is 29.6 Å². The van der Waals surface area contributed by atoms with Crippen LogP contribution in [0.2, 0.25) is 0 Å². The minimum absolute atomic E-state index is 0.110. The predicted octanol–water partition coefficient (Wildman–Crippen LogP) is 0.0504. The third-order valence-electron chi connectivity index (χ3n) is 3.22. The number of carbonyl (C=O) groups is 1. The van der Waals surface area contributed by atoms with Crippen molar-refractivity contribution in [1.29, 1.82) is 5.26 Å². The Morgan fingerprint density at radius 1 is 1.32 bits per heavy atom. The molecule has 0 radical (unpaired) electrons. The second-order valence-electron chi connectivity index (χ2n) is 4.67. The Bertz CT molecular complexity index is 723. The van der Waals surface area contributed by atoms with Crippen molar-refractivity contribution in [3.8, 4) is 6.07 Å². The maximum absolute atomic E-state index is 13.2. The molecule has 1 aromatic carbocycles. The fourth-order valence-corrected chi connectivity index (χ4v) is 2.71. The van der Waals surface area contributed by atoms with Crippen LogP contribution in [0.4, 0.5) is 14.9 Å². The van der Waals surface area contributed by atoms with E-state index in [1.165, 1.54) is 17.0 Å². The standard InChI is InChI=1S/C12H14FN5O3S/c13-11-2-1-10(7-9(11)8-14)16-12(19)17-3-5-18(6-4-17)22(15,20)21/h1-2,7H,3-6H2,(H,16,19)(H2,15,20,21). The maximum atomic E-state index is 13.2. The predicted molar refractivity (Wildman–Crippen MR) is 76.4 cm³/mol. The highest BCUT2D eigenvalue weighted by atomic mass is 32.2. The number of rotatable bonds is 2. The van der Waals surface area contributed by atoms with Gasteiger partial charge in [-0.1, -0.05) is 0 Å². The minimum atomic E-state index is -3.75. The number of hydrogen-bond acceptors (Lipinski definition) is 4. The summed E-state index contributed by atoms with van der Waals surface area (Å²) in [6, 6.07) is 4.89. The molecule has 1 aromatic rings. The molecule has 1 aliphatic heterocycles. The first-order valence-corrected chi connectivity index (χ1v) is 7.85. The van der Waals surface area contributed by atoms with Gasteiger partial charge in [0, 0.05) is 31.9 Å². The van der Waals surface area contributed by atoms with Crippen LogP contribution >= 0.6 is 0 Å². The quantitative estimate of drug-likeness (QED) is 0.797. The highest BCUT2D eigenvalue weighted by molar-refractivity contribution is 7.86. The van der Waals surface area contributed by atoms with Crippen LogP contribution in [0.5, 0.6) is 0 Å². The van der Waals surface area contributed by atoms with Gasteiger partial charge in [-0.2, -0.15) is 18.0 Å². The van der Waals surface area contributed by atoms with E-state index in [1.807, 2.05) is 0 Å². The molecule has 0 spiro atoms. The van der Waals surface area contributed by atoms with E-state index in [9.17, 15) is 17.6 Å². The number of carbonyl (C=O) groups excluding carboxylic acids is 1. The minimum Gasteiger partial charge on any atom is -0.322 e. The van der Waals surface area contributed by atoms with Gasteiger partial charge in [-0.15, -0.1) is 0 Å². The average molecular weight is 327 g/mol. The number of nitrogens with zero attached hydrogens (tertiary/aromatic N) is 3. The molecule has 0 unspecified atom stereocenters. The van der Waals surface area contributed by atoms with E-state index >= 15 is 0 Å². The summed E-state index contributed by atoms with van der Waals surface area (Å²) >= 11 is 0. The summed E-state index contributed by atoms with van der Waals surface area (Å²) in [5.41, 5.74) is 0.119. The van der Waals surface area contributed by atoms with Gasteiger partial charge in [0.2, 0.25) is 0 Å². The maximum Gasteiger partial charge on any atom is 0.321 e. The summed E-state index contributed by atoms with van der Waals surface area (Å²) in [4.78, 5) is 13.5. The Morgan fingerprint density at radius 3 is 2.50 bits per heavy atom. The number of nitriles is 1. The highest BCUT2D eigenvalue weighted by Crippen LogP contribution is 2.15. The zero-order chi connectivity index (χ0) is 16.3. The van der Waals surface area contributed by atoms with Gasteiger partial charge in [0.1, 0.15) is 11.9 Å². The average Bonchev–Trinajstić information content (AvgIpc) is 2.48. The molecule has 0 saturated carbocycles. The van der Waals surface area contributed by atoms with Gasteiger partial charge >= 0.3 is 6.03 Å². The van der Waals surface area contributed by atoms with Gasteiger partial charge in [0.25, 0.3) is 10.2 Å². The molecular weight excluding hydrogens is 313 g/mol. The Kier molecular flexibility index (Phi) is 4.60. The normalized spacial score (nSPS) is 16.1. The largest absolute Gasteiger partial charge is 0.322 e. The van der Waals surface area contributed by atoms with Crippen molar-refractivity contribution in [2.75, 3.05) is 31.5 Å². The van der Waals surface area contributed by atoms with Crippen molar-refractivity contribution in [2.24, 2.45) is 5.14 Å². The van der Waals surface area contributed by atoms with Crippen LogP contribution in [0.25, 0.3) is 0 Å². The van der Waals surface area contributed by atoms with Gasteiger partial charge in [-0.3, -0.25) is 0 Å². The molecule has 0 atom stereocenters. The first kappa shape index (κ1) is 16.2. The lowest BCUT2D eigenvalue weighted by Crippen LogP contribution is -2.53. The van der Waals surface area contributed by atoms with Gasteiger partial charge in [0.05, 0.1) is 5.56 Å². The van der Waals surface area contributed by atoms with E-state index in [1.54, 1.807) is 6.07 Å². The SMILES string of the molecule is N#Cc1cc(NC(=O)N2CCN(S(N)(=O)=O)CC2)ccc1F. The lowest BCUT2D eigenvalue weighted by atomic mass is 10.2. The molecule has 0 aliphatic carbocycles. The van der Waals surface area contributed by atoms with Crippen molar-refractivity contribution in [2.45, 2.75) is 0 Å². The molecule has 0 bridgehead atoms. The van der Waals surface area contributed by atoms with E-state index in [0.717, 1.165) is 10.4 Å². The van der Waals surface area contributed by atoms with Crippen molar-refractivity contribution < 1.29 is 17.6 Å². The number of piperazine rings is 1. The molecule has 1 aliphatic rings. The van der Waals surface area contributed by atoms with Crippen LogP contribution in [-0.4, -0.2) is 49.8 Å². The fraction of sp³-hybridized carbons (Fsp3) is 0.333. The number of nitrogens with two attached hydrogens (primary N) is 1. The van der Waals surface area contributed by atoms with Gasteiger partial charge in [-0.05, 0) is 18.2 Å². The first-order valence-electron chi connectivity index (χ1n) is 6.34. The number of hydrogen-bond donors (Lipinski definition) is 2. The number of benzene rings is 1. The van der Waals surface area contributed by atoms with Crippen LogP contribution < -0.4 is 10.5 Å². The van der Waals surface area contributed by atoms with Crippen LogP contribution in [0.1, 0.15) is 5.56 Å². The number of urea groups is 1. The molecule has 118 valence electrons. The van der Waals surface area contributed by atoms with E-state index < -0.39 is 22.1 Å². The fourth-order valence-electron chi connectivity index (χ4n) is 2.04. The zero-order valence-corrected chi connectivity index (χ0v) is 12.3. The van der Waals surface area contributed by atoms with E-state index in [4.69, 9.17) is 10.4 Å². The monoisotopic (exact) mass is 327 g/mol. The lowest BCUT2D eigenvalue weighted by Gasteiger charge is -2.32. The summed E-state index contributed by atoms with van der Waals surface area (Å²) in [6.45, 7) is 0.599. The smallest absolute Gasteiger partial charge is 0.321 e. The topological polar surface area (TPSA) is 120 Å². The number of nitrogens with one attached hydrogen (secondary N) is 1. The second-order valence-corrected chi connectivity index (χ2v) is 6.21. The van der Waals surface area contributed by atoms with E-state index in [-0.39, 0.29) is 37.4 Å². The lowest BCUT2D eigenvalue weighted by molar-refractivity contribution is 0.184. The van der Waals surface area contributed by atoms with Gasteiger partial charge < -0.3 is 10.2 Å². The molecule has 8 nitrogen and oxygen atoms in total. The summed E-state index contributed by atoms with van der Waals surface area (Å²) in [7, 11) is -3.75. The second kappa shape index (κ2) is 6.27.